The maximum atomic E-state index is 12.9. The molecular weight excluding hydrogens is 446 g/mol. The van der Waals surface area contributed by atoms with Crippen molar-refractivity contribution < 1.29 is 14.7 Å². The van der Waals surface area contributed by atoms with Gasteiger partial charge in [-0.2, -0.15) is 5.10 Å². The zero-order valence-electron chi connectivity index (χ0n) is 19.8. The van der Waals surface area contributed by atoms with E-state index in [1.54, 1.807) is 10.9 Å². The van der Waals surface area contributed by atoms with Gasteiger partial charge in [-0.3, -0.25) is 9.48 Å². The van der Waals surface area contributed by atoms with Crippen LogP contribution in [0.15, 0.2) is 36.5 Å². The predicted octanol–water partition coefficient (Wildman–Crippen LogP) is 3.77. The average molecular weight is 476 g/mol. The zero-order valence-corrected chi connectivity index (χ0v) is 19.8. The molecule has 2 amide bonds. The van der Waals surface area contributed by atoms with Crippen LogP contribution in [0.2, 0.25) is 0 Å². The highest BCUT2D eigenvalue weighted by atomic mass is 16.4. The third-order valence-electron chi connectivity index (χ3n) is 6.71. The van der Waals surface area contributed by atoms with E-state index in [-0.39, 0.29) is 18.0 Å². The van der Waals surface area contributed by atoms with Crippen LogP contribution < -0.4 is 21.3 Å². The summed E-state index contributed by atoms with van der Waals surface area (Å²) in [6.07, 6.45) is 4.21. The smallest absolute Gasteiger partial charge is 0.404 e. The standard InChI is InChI=1S/C25H29N7O3/c1-14-6-5-7-15(12-14)28-23-21-16(13-26-24(21)33)20(19-10-11-27-32(19)2)22(31-23)29-17-8-3-4-9-18(17)30-25(34)35/h5-7,10-12,17-18,30H,3-4,8-9,13H2,1-2H3,(H,26,33)(H,34,35)(H2,28,29,31)/t17-,18-/m1/s1. The predicted molar refractivity (Wildman–Crippen MR) is 133 cm³/mol. The van der Waals surface area contributed by atoms with Crippen molar-refractivity contribution in [1.29, 1.82) is 0 Å². The first-order chi connectivity index (χ1) is 16.9. The Bertz CT molecular complexity index is 1290. The molecule has 0 saturated heterocycles. The molecule has 5 rings (SSSR count). The maximum Gasteiger partial charge on any atom is 0.404 e. The Morgan fingerprint density at radius 1 is 1.14 bits per heavy atom. The second kappa shape index (κ2) is 9.28. The summed E-state index contributed by atoms with van der Waals surface area (Å²) >= 11 is 0. The number of nitrogens with one attached hydrogen (secondary N) is 4. The molecule has 182 valence electrons. The van der Waals surface area contributed by atoms with E-state index in [0.29, 0.717) is 23.7 Å². The minimum absolute atomic E-state index is 0.130. The molecule has 3 aromatic rings. The number of carboxylic acid groups (broad SMARTS) is 1. The minimum Gasteiger partial charge on any atom is -0.465 e. The molecule has 2 aliphatic rings. The van der Waals surface area contributed by atoms with Crippen molar-refractivity contribution in [3.05, 3.63) is 53.2 Å². The minimum atomic E-state index is -1.03. The van der Waals surface area contributed by atoms with E-state index in [2.05, 4.69) is 26.4 Å². The van der Waals surface area contributed by atoms with E-state index in [4.69, 9.17) is 4.98 Å². The molecule has 0 spiro atoms. The number of fused-ring (bicyclic) bond motifs is 1. The number of hydrogen-bond donors (Lipinski definition) is 5. The number of carbonyl (C=O) groups is 2. The first-order valence-corrected chi connectivity index (χ1v) is 11.8. The summed E-state index contributed by atoms with van der Waals surface area (Å²) in [7, 11) is 1.85. The Labute approximate surface area is 203 Å². The second-order valence-electron chi connectivity index (χ2n) is 9.15. The molecule has 1 saturated carbocycles. The molecule has 1 aliphatic heterocycles. The Morgan fingerprint density at radius 2 is 1.94 bits per heavy atom. The highest BCUT2D eigenvalue weighted by Crippen LogP contribution is 2.39. The SMILES string of the molecule is Cc1cccc(Nc2nc(N[C@@H]3CCCC[C@H]3NC(=O)O)c(-c3ccnn3C)c3c2C(=O)NC3)c1. The van der Waals surface area contributed by atoms with Gasteiger partial charge < -0.3 is 26.4 Å². The first kappa shape index (κ1) is 22.7. The molecule has 1 fully saturated rings. The maximum absolute atomic E-state index is 12.9. The number of nitrogens with zero attached hydrogens (tertiary/aromatic N) is 3. The number of amides is 2. The lowest BCUT2D eigenvalue weighted by Gasteiger charge is -2.33. The van der Waals surface area contributed by atoms with Gasteiger partial charge >= 0.3 is 6.09 Å². The van der Waals surface area contributed by atoms with Crippen LogP contribution >= 0.6 is 0 Å². The normalized spacial score (nSPS) is 19.1. The second-order valence-corrected chi connectivity index (χ2v) is 9.15. The average Bonchev–Trinajstić information content (AvgIpc) is 3.41. The molecule has 2 aromatic heterocycles. The number of benzene rings is 1. The van der Waals surface area contributed by atoms with Crippen LogP contribution in [0.1, 0.15) is 47.2 Å². The summed E-state index contributed by atoms with van der Waals surface area (Å²) in [5.74, 6) is 0.886. The van der Waals surface area contributed by atoms with Crippen LogP contribution in [-0.4, -0.2) is 44.0 Å². The lowest BCUT2D eigenvalue weighted by atomic mass is 9.90. The van der Waals surface area contributed by atoms with E-state index < -0.39 is 6.09 Å². The van der Waals surface area contributed by atoms with E-state index >= 15 is 0 Å². The van der Waals surface area contributed by atoms with Crippen LogP contribution in [0.25, 0.3) is 11.3 Å². The van der Waals surface area contributed by atoms with Crippen LogP contribution in [0.3, 0.4) is 0 Å². The van der Waals surface area contributed by atoms with E-state index in [1.807, 2.05) is 44.3 Å². The summed E-state index contributed by atoms with van der Waals surface area (Å²) in [6, 6.07) is 9.42. The van der Waals surface area contributed by atoms with Gasteiger partial charge in [-0.25, -0.2) is 9.78 Å². The van der Waals surface area contributed by atoms with E-state index in [9.17, 15) is 14.7 Å². The highest BCUT2D eigenvalue weighted by molar-refractivity contribution is 6.06. The number of aryl methyl sites for hydroxylation is 2. The molecule has 3 heterocycles. The van der Waals surface area contributed by atoms with Gasteiger partial charge in [-0.05, 0) is 43.5 Å². The lowest BCUT2D eigenvalue weighted by molar-refractivity contribution is 0.0966. The number of aromatic nitrogens is 3. The molecule has 1 aliphatic carbocycles. The topological polar surface area (TPSA) is 133 Å². The molecule has 1 aromatic carbocycles. The molecular formula is C25H29N7O3. The third kappa shape index (κ3) is 4.51. The van der Waals surface area contributed by atoms with Crippen molar-refractivity contribution in [3.63, 3.8) is 0 Å². The van der Waals surface area contributed by atoms with Crippen molar-refractivity contribution >= 4 is 29.3 Å². The Morgan fingerprint density at radius 3 is 2.66 bits per heavy atom. The molecule has 5 N–H and O–H groups in total. The van der Waals surface area contributed by atoms with E-state index in [1.165, 1.54) is 0 Å². The highest BCUT2D eigenvalue weighted by Gasteiger charge is 2.33. The van der Waals surface area contributed by atoms with Crippen LogP contribution in [0.4, 0.5) is 22.1 Å². The van der Waals surface area contributed by atoms with Gasteiger partial charge in [0, 0.05) is 42.6 Å². The summed E-state index contributed by atoms with van der Waals surface area (Å²) in [6.45, 7) is 2.38. The van der Waals surface area contributed by atoms with Crippen molar-refractivity contribution in [2.75, 3.05) is 10.6 Å². The molecule has 0 radical (unpaired) electrons. The van der Waals surface area contributed by atoms with E-state index in [0.717, 1.165) is 53.8 Å². The Kier molecular flexibility index (Phi) is 6.02. The summed E-state index contributed by atoms with van der Waals surface area (Å²) < 4.78 is 1.76. The van der Waals surface area contributed by atoms with Gasteiger partial charge in [-0.15, -0.1) is 0 Å². The summed E-state index contributed by atoms with van der Waals surface area (Å²) in [5, 5.41) is 26.2. The molecule has 0 bridgehead atoms. The fraction of sp³-hybridized carbons (Fsp3) is 0.360. The van der Waals surface area contributed by atoms with Gasteiger partial charge in [0.25, 0.3) is 5.91 Å². The van der Waals surface area contributed by atoms with Crippen LogP contribution in [0.5, 0.6) is 0 Å². The first-order valence-electron chi connectivity index (χ1n) is 11.8. The fourth-order valence-corrected chi connectivity index (χ4v) is 5.07. The lowest BCUT2D eigenvalue weighted by Crippen LogP contribution is -2.48. The zero-order chi connectivity index (χ0) is 24.5. The van der Waals surface area contributed by atoms with Gasteiger partial charge in [0.1, 0.15) is 11.6 Å². The molecule has 0 unspecified atom stereocenters. The molecule has 2 atom stereocenters. The van der Waals surface area contributed by atoms with Gasteiger partial charge in [0.05, 0.1) is 17.3 Å². The van der Waals surface area contributed by atoms with Gasteiger partial charge in [0.2, 0.25) is 0 Å². The fourth-order valence-electron chi connectivity index (χ4n) is 5.07. The van der Waals surface area contributed by atoms with Crippen LogP contribution in [0, 0.1) is 6.92 Å². The van der Waals surface area contributed by atoms with Crippen molar-refractivity contribution in [2.24, 2.45) is 7.05 Å². The number of hydrogen-bond acceptors (Lipinski definition) is 6. The summed E-state index contributed by atoms with van der Waals surface area (Å²) in [4.78, 5) is 29.3. The molecule has 10 nitrogen and oxygen atoms in total. The van der Waals surface area contributed by atoms with Crippen LogP contribution in [-0.2, 0) is 13.6 Å². The Balaban J connectivity index is 1.63. The Hall–Kier alpha value is -4.08. The monoisotopic (exact) mass is 475 g/mol. The third-order valence-corrected chi connectivity index (χ3v) is 6.71. The molecule has 10 heteroatoms. The quantitative estimate of drug-likeness (QED) is 0.366. The molecule has 35 heavy (non-hydrogen) atoms. The largest absolute Gasteiger partial charge is 0.465 e. The van der Waals surface area contributed by atoms with Crippen molar-refractivity contribution in [1.82, 2.24) is 25.4 Å². The van der Waals surface area contributed by atoms with Gasteiger partial charge in [0.15, 0.2) is 0 Å². The summed E-state index contributed by atoms with van der Waals surface area (Å²) in [5.41, 5.74) is 4.90. The number of pyridine rings is 1. The number of rotatable bonds is 6. The number of anilines is 3. The number of carbonyl (C=O) groups excluding carboxylic acids is 1. The van der Waals surface area contributed by atoms with Crippen molar-refractivity contribution in [2.45, 2.75) is 51.2 Å². The van der Waals surface area contributed by atoms with Crippen molar-refractivity contribution in [3.8, 4) is 11.3 Å². The van der Waals surface area contributed by atoms with Gasteiger partial charge in [-0.1, -0.05) is 25.0 Å².